The molecule has 3 rings (SSSR count). The number of hydrogen-bond acceptors (Lipinski definition) is 4. The summed E-state index contributed by atoms with van der Waals surface area (Å²) >= 11 is 4.01. The van der Waals surface area contributed by atoms with Crippen LogP contribution in [0.2, 0.25) is 0 Å². The van der Waals surface area contributed by atoms with Gasteiger partial charge in [0.15, 0.2) is 0 Å². The number of nitrogens with zero attached hydrogens (tertiary/aromatic N) is 1. The number of benzene rings is 1. The SMILES string of the molecule is O=[N+]([O-])c1ccc(NCc2cc3c(s2)CCC3)c(I)c1. The highest BCUT2D eigenvalue weighted by Crippen LogP contribution is 2.31. The summed E-state index contributed by atoms with van der Waals surface area (Å²) in [6.07, 6.45) is 3.71. The number of nitro groups is 1. The standard InChI is InChI=1S/C14H13IN2O2S/c15-12-7-10(17(18)19)4-5-13(12)16-8-11-6-9-2-1-3-14(9)20-11/h4-7,16H,1-3,8H2. The lowest BCUT2D eigenvalue weighted by molar-refractivity contribution is -0.384. The fourth-order valence-electron chi connectivity index (χ4n) is 2.42. The normalized spacial score (nSPS) is 13.2. The second kappa shape index (κ2) is 5.69. The van der Waals surface area contributed by atoms with Crippen LogP contribution in [0.4, 0.5) is 11.4 Å². The van der Waals surface area contributed by atoms with Gasteiger partial charge in [-0.1, -0.05) is 0 Å². The minimum Gasteiger partial charge on any atom is -0.379 e. The highest BCUT2D eigenvalue weighted by Gasteiger charge is 2.15. The quantitative estimate of drug-likeness (QED) is 0.471. The van der Waals surface area contributed by atoms with Gasteiger partial charge in [-0.2, -0.15) is 0 Å². The smallest absolute Gasteiger partial charge is 0.270 e. The van der Waals surface area contributed by atoms with Crippen LogP contribution in [0.1, 0.15) is 21.7 Å². The molecule has 4 nitrogen and oxygen atoms in total. The first-order chi connectivity index (χ1) is 9.63. The molecule has 0 spiro atoms. The molecule has 1 heterocycles. The van der Waals surface area contributed by atoms with Crippen LogP contribution in [0.3, 0.4) is 0 Å². The second-order valence-electron chi connectivity index (χ2n) is 4.79. The molecule has 104 valence electrons. The van der Waals surface area contributed by atoms with Crippen molar-refractivity contribution >= 4 is 45.3 Å². The van der Waals surface area contributed by atoms with Crippen LogP contribution >= 0.6 is 33.9 Å². The summed E-state index contributed by atoms with van der Waals surface area (Å²) in [4.78, 5) is 13.2. The monoisotopic (exact) mass is 400 g/mol. The Morgan fingerprint density at radius 3 is 2.90 bits per heavy atom. The van der Waals surface area contributed by atoms with E-state index in [1.165, 1.54) is 34.6 Å². The number of halogens is 1. The van der Waals surface area contributed by atoms with Crippen molar-refractivity contribution < 1.29 is 4.92 Å². The molecule has 0 atom stereocenters. The van der Waals surface area contributed by atoms with Gasteiger partial charge in [0.05, 0.1) is 4.92 Å². The van der Waals surface area contributed by atoms with Crippen LogP contribution in [0.5, 0.6) is 0 Å². The van der Waals surface area contributed by atoms with Crippen molar-refractivity contribution in [1.82, 2.24) is 0 Å². The minimum absolute atomic E-state index is 0.134. The lowest BCUT2D eigenvalue weighted by Gasteiger charge is -2.07. The summed E-state index contributed by atoms with van der Waals surface area (Å²) in [6.45, 7) is 0.783. The number of hydrogen-bond donors (Lipinski definition) is 1. The lowest BCUT2D eigenvalue weighted by Crippen LogP contribution is -2.00. The maximum Gasteiger partial charge on any atom is 0.270 e. The third-order valence-corrected chi connectivity index (χ3v) is 5.54. The van der Waals surface area contributed by atoms with Gasteiger partial charge >= 0.3 is 0 Å². The van der Waals surface area contributed by atoms with Gasteiger partial charge in [0.1, 0.15) is 0 Å². The van der Waals surface area contributed by atoms with E-state index in [2.05, 4.69) is 34.0 Å². The summed E-state index contributed by atoms with van der Waals surface area (Å²) in [7, 11) is 0. The Kier molecular flexibility index (Phi) is 3.93. The molecule has 0 amide bonds. The number of fused-ring (bicyclic) bond motifs is 1. The predicted octanol–water partition coefficient (Wildman–Crippen LogP) is 4.36. The van der Waals surface area contributed by atoms with Crippen molar-refractivity contribution in [3.63, 3.8) is 0 Å². The molecule has 0 fully saturated rings. The summed E-state index contributed by atoms with van der Waals surface area (Å²) in [5.41, 5.74) is 2.59. The molecule has 0 saturated carbocycles. The average molecular weight is 400 g/mol. The molecule has 1 aromatic heterocycles. The van der Waals surface area contributed by atoms with Crippen LogP contribution in [-0.2, 0) is 19.4 Å². The maximum atomic E-state index is 10.7. The van der Waals surface area contributed by atoms with Gasteiger partial charge in [-0.3, -0.25) is 10.1 Å². The number of non-ortho nitro benzene ring substituents is 1. The first kappa shape index (κ1) is 13.8. The molecule has 1 aliphatic rings. The third kappa shape index (κ3) is 2.80. The Hall–Kier alpha value is -1.15. The van der Waals surface area contributed by atoms with Crippen molar-refractivity contribution in [2.75, 3.05) is 5.32 Å². The predicted molar refractivity (Wildman–Crippen MR) is 89.5 cm³/mol. The van der Waals surface area contributed by atoms with Gasteiger partial charge < -0.3 is 5.32 Å². The zero-order valence-electron chi connectivity index (χ0n) is 10.7. The van der Waals surface area contributed by atoms with Gasteiger partial charge in [0, 0.05) is 37.7 Å². The molecule has 0 saturated heterocycles. The molecule has 1 aromatic carbocycles. The van der Waals surface area contributed by atoms with E-state index in [-0.39, 0.29) is 10.6 Å². The van der Waals surface area contributed by atoms with E-state index in [4.69, 9.17) is 0 Å². The van der Waals surface area contributed by atoms with Crippen molar-refractivity contribution in [1.29, 1.82) is 0 Å². The number of anilines is 1. The number of aryl methyl sites for hydroxylation is 2. The summed E-state index contributed by atoms with van der Waals surface area (Å²) in [6, 6.07) is 7.20. The van der Waals surface area contributed by atoms with E-state index in [1.54, 1.807) is 18.2 Å². The summed E-state index contributed by atoms with van der Waals surface area (Å²) < 4.78 is 0.876. The Morgan fingerprint density at radius 1 is 1.35 bits per heavy atom. The van der Waals surface area contributed by atoms with E-state index < -0.39 is 0 Å². The van der Waals surface area contributed by atoms with Gasteiger partial charge in [0.25, 0.3) is 5.69 Å². The maximum absolute atomic E-state index is 10.7. The van der Waals surface area contributed by atoms with Crippen LogP contribution in [-0.4, -0.2) is 4.92 Å². The van der Waals surface area contributed by atoms with Crippen LogP contribution in [0.15, 0.2) is 24.3 Å². The third-order valence-electron chi connectivity index (χ3n) is 3.41. The largest absolute Gasteiger partial charge is 0.379 e. The van der Waals surface area contributed by atoms with Crippen molar-refractivity contribution in [2.45, 2.75) is 25.8 Å². The molecular formula is C14H13IN2O2S. The van der Waals surface area contributed by atoms with Gasteiger partial charge in [-0.15, -0.1) is 11.3 Å². The summed E-state index contributed by atoms with van der Waals surface area (Å²) in [5, 5.41) is 14.1. The first-order valence-corrected chi connectivity index (χ1v) is 8.31. The zero-order chi connectivity index (χ0) is 14.1. The first-order valence-electron chi connectivity index (χ1n) is 6.42. The highest BCUT2D eigenvalue weighted by molar-refractivity contribution is 14.1. The molecular weight excluding hydrogens is 387 g/mol. The Bertz CT molecular complexity index is 648. The van der Waals surface area contributed by atoms with E-state index >= 15 is 0 Å². The van der Waals surface area contributed by atoms with Gasteiger partial charge in [-0.05, 0) is 59.5 Å². The van der Waals surface area contributed by atoms with Gasteiger partial charge in [0.2, 0.25) is 0 Å². The fraction of sp³-hybridized carbons (Fsp3) is 0.286. The zero-order valence-corrected chi connectivity index (χ0v) is 13.7. The molecule has 0 bridgehead atoms. The van der Waals surface area contributed by atoms with Crippen LogP contribution in [0, 0.1) is 13.7 Å². The Balaban J connectivity index is 1.70. The van der Waals surface area contributed by atoms with Crippen LogP contribution < -0.4 is 5.32 Å². The number of nitrogens with one attached hydrogen (secondary N) is 1. The molecule has 6 heteroatoms. The van der Waals surface area contributed by atoms with E-state index in [9.17, 15) is 10.1 Å². The second-order valence-corrected chi connectivity index (χ2v) is 7.17. The van der Waals surface area contributed by atoms with E-state index in [0.29, 0.717) is 0 Å². The molecule has 0 radical (unpaired) electrons. The fourth-order valence-corrected chi connectivity index (χ4v) is 4.31. The topological polar surface area (TPSA) is 55.2 Å². The molecule has 0 unspecified atom stereocenters. The number of rotatable bonds is 4. The van der Waals surface area contributed by atoms with Crippen LogP contribution in [0.25, 0.3) is 0 Å². The van der Waals surface area contributed by atoms with Crippen molar-refractivity contribution in [2.24, 2.45) is 0 Å². The van der Waals surface area contributed by atoms with Crippen molar-refractivity contribution in [3.05, 3.63) is 53.3 Å². The number of thiophene rings is 1. The minimum atomic E-state index is -0.365. The molecule has 0 aliphatic heterocycles. The Labute approximate surface area is 134 Å². The van der Waals surface area contributed by atoms with E-state index in [0.717, 1.165) is 15.8 Å². The lowest BCUT2D eigenvalue weighted by atomic mass is 10.2. The average Bonchev–Trinajstić information content (AvgIpc) is 2.97. The van der Waals surface area contributed by atoms with E-state index in [1.807, 2.05) is 11.3 Å². The molecule has 1 aliphatic carbocycles. The summed E-state index contributed by atoms with van der Waals surface area (Å²) in [5.74, 6) is 0. The van der Waals surface area contributed by atoms with Gasteiger partial charge in [-0.25, -0.2) is 0 Å². The Morgan fingerprint density at radius 2 is 2.20 bits per heavy atom. The van der Waals surface area contributed by atoms with Crippen molar-refractivity contribution in [3.8, 4) is 0 Å². The molecule has 1 N–H and O–H groups in total. The highest BCUT2D eigenvalue weighted by atomic mass is 127. The number of nitro benzene ring substituents is 1. The molecule has 2 aromatic rings. The molecule has 20 heavy (non-hydrogen) atoms.